The largest absolute Gasteiger partial charge is 0.444 e. The zero-order valence-electron chi connectivity index (χ0n) is 20.5. The third-order valence-corrected chi connectivity index (χ3v) is 5.59. The van der Waals surface area contributed by atoms with Crippen LogP contribution in [0.15, 0.2) is 4.99 Å². The van der Waals surface area contributed by atoms with E-state index in [0.717, 1.165) is 77.2 Å². The standard InChI is InChI=1S/C23H43N5O3.HI/c1-5-24-21(25-13-10-16-27-14-8-6-7-12-20(27)29)26-17-19-11-9-15-28(18-19)22(30)31-23(2,3)4;/h19H,5-18H2,1-4H3,(H2,24,25,26);1H. The quantitative estimate of drug-likeness (QED) is 0.213. The van der Waals surface area contributed by atoms with Crippen molar-refractivity contribution in [1.82, 2.24) is 20.4 Å². The summed E-state index contributed by atoms with van der Waals surface area (Å²) in [6, 6.07) is 0. The molecule has 2 amide bonds. The zero-order chi connectivity index (χ0) is 22.7. The third-order valence-electron chi connectivity index (χ3n) is 5.59. The Morgan fingerprint density at radius 3 is 2.66 bits per heavy atom. The summed E-state index contributed by atoms with van der Waals surface area (Å²) < 4.78 is 5.52. The Hall–Kier alpha value is -1.26. The maximum absolute atomic E-state index is 12.4. The van der Waals surface area contributed by atoms with Crippen LogP contribution in [0.25, 0.3) is 0 Å². The number of halogens is 1. The highest BCUT2D eigenvalue weighted by Crippen LogP contribution is 2.19. The summed E-state index contributed by atoms with van der Waals surface area (Å²) in [5.41, 5.74) is -0.470. The van der Waals surface area contributed by atoms with Crippen LogP contribution in [0.3, 0.4) is 0 Å². The number of likely N-dealkylation sites (tertiary alicyclic amines) is 2. The van der Waals surface area contributed by atoms with E-state index in [-0.39, 0.29) is 30.1 Å². The number of nitrogens with one attached hydrogen (secondary N) is 2. The van der Waals surface area contributed by atoms with Crippen molar-refractivity contribution < 1.29 is 14.3 Å². The van der Waals surface area contributed by atoms with Crippen LogP contribution >= 0.6 is 24.0 Å². The highest BCUT2D eigenvalue weighted by Gasteiger charge is 2.27. The Kier molecular flexibility index (Phi) is 13.3. The van der Waals surface area contributed by atoms with E-state index in [0.29, 0.717) is 31.3 Å². The Bertz CT molecular complexity index is 609. The second-order valence-electron chi connectivity index (χ2n) is 9.63. The number of rotatable bonds is 7. The van der Waals surface area contributed by atoms with Gasteiger partial charge in [0.25, 0.3) is 0 Å². The zero-order valence-corrected chi connectivity index (χ0v) is 22.8. The Balaban J connectivity index is 0.00000512. The number of nitrogens with zero attached hydrogens (tertiary/aromatic N) is 3. The van der Waals surface area contributed by atoms with Crippen molar-refractivity contribution in [3.05, 3.63) is 0 Å². The Labute approximate surface area is 211 Å². The molecule has 0 saturated carbocycles. The first-order chi connectivity index (χ1) is 14.8. The van der Waals surface area contributed by atoms with Crippen molar-refractivity contribution in [1.29, 1.82) is 0 Å². The van der Waals surface area contributed by atoms with Gasteiger partial charge in [0.1, 0.15) is 5.60 Å². The molecule has 2 heterocycles. The molecule has 2 fully saturated rings. The van der Waals surface area contributed by atoms with Gasteiger partial charge in [-0.05, 0) is 65.7 Å². The third kappa shape index (κ3) is 11.0. The van der Waals surface area contributed by atoms with Crippen LogP contribution in [0.2, 0.25) is 0 Å². The normalized spacial score (nSPS) is 20.3. The van der Waals surface area contributed by atoms with Crippen LogP contribution < -0.4 is 10.6 Å². The predicted octanol–water partition coefficient (Wildman–Crippen LogP) is 3.60. The van der Waals surface area contributed by atoms with Crippen LogP contribution in [0.5, 0.6) is 0 Å². The topological polar surface area (TPSA) is 86.3 Å². The van der Waals surface area contributed by atoms with Crippen molar-refractivity contribution >= 4 is 41.9 Å². The molecular formula is C23H44IN5O3. The van der Waals surface area contributed by atoms with Gasteiger partial charge in [-0.1, -0.05) is 6.42 Å². The minimum atomic E-state index is -0.470. The Morgan fingerprint density at radius 2 is 1.94 bits per heavy atom. The number of piperidine rings is 1. The first-order valence-electron chi connectivity index (χ1n) is 12.1. The number of aliphatic imine (C=N–C) groups is 1. The molecule has 32 heavy (non-hydrogen) atoms. The second-order valence-corrected chi connectivity index (χ2v) is 9.63. The SMILES string of the molecule is CCNC(=NCC1CCCN(C(=O)OC(C)(C)C)C1)NCCCN1CCCCCC1=O.I. The number of ether oxygens (including phenoxy) is 1. The van der Waals surface area contributed by atoms with Crippen molar-refractivity contribution in [2.75, 3.05) is 45.8 Å². The van der Waals surface area contributed by atoms with Crippen LogP contribution in [-0.4, -0.2) is 79.2 Å². The van der Waals surface area contributed by atoms with Gasteiger partial charge in [0, 0.05) is 52.2 Å². The summed E-state index contributed by atoms with van der Waals surface area (Å²) in [5, 5.41) is 6.69. The summed E-state index contributed by atoms with van der Waals surface area (Å²) >= 11 is 0. The predicted molar refractivity (Wildman–Crippen MR) is 140 cm³/mol. The highest BCUT2D eigenvalue weighted by atomic mass is 127. The minimum absolute atomic E-state index is 0. The summed E-state index contributed by atoms with van der Waals surface area (Å²) in [4.78, 5) is 33.0. The minimum Gasteiger partial charge on any atom is -0.444 e. The maximum atomic E-state index is 12.4. The number of hydrogen-bond donors (Lipinski definition) is 2. The van der Waals surface area contributed by atoms with E-state index >= 15 is 0 Å². The summed E-state index contributed by atoms with van der Waals surface area (Å²) in [5.74, 6) is 1.44. The van der Waals surface area contributed by atoms with Crippen LogP contribution in [0.4, 0.5) is 4.79 Å². The lowest BCUT2D eigenvalue weighted by molar-refractivity contribution is -0.130. The fraction of sp³-hybridized carbons (Fsp3) is 0.870. The van der Waals surface area contributed by atoms with Gasteiger partial charge in [-0.2, -0.15) is 0 Å². The van der Waals surface area contributed by atoms with Gasteiger partial charge in [0.15, 0.2) is 5.96 Å². The molecule has 2 N–H and O–H groups in total. The molecule has 8 nitrogen and oxygen atoms in total. The lowest BCUT2D eigenvalue weighted by Gasteiger charge is -2.33. The van der Waals surface area contributed by atoms with Gasteiger partial charge in [0.2, 0.25) is 5.91 Å². The second kappa shape index (κ2) is 14.8. The summed E-state index contributed by atoms with van der Waals surface area (Å²) in [6.07, 6.45) is 6.72. The molecule has 9 heteroatoms. The molecule has 0 aliphatic carbocycles. The van der Waals surface area contributed by atoms with Crippen molar-refractivity contribution in [2.24, 2.45) is 10.9 Å². The van der Waals surface area contributed by atoms with E-state index in [4.69, 9.17) is 9.73 Å². The molecule has 0 aromatic heterocycles. The number of hydrogen-bond acceptors (Lipinski definition) is 4. The molecule has 2 aliphatic rings. The molecule has 0 spiro atoms. The lowest BCUT2D eigenvalue weighted by atomic mass is 9.98. The molecule has 1 atom stereocenters. The van der Waals surface area contributed by atoms with E-state index in [2.05, 4.69) is 17.6 Å². The monoisotopic (exact) mass is 565 g/mol. The van der Waals surface area contributed by atoms with Crippen molar-refractivity contribution in [3.63, 3.8) is 0 Å². The molecular weight excluding hydrogens is 521 g/mol. The molecule has 0 bridgehead atoms. The van der Waals surface area contributed by atoms with Crippen molar-refractivity contribution in [2.45, 2.75) is 78.2 Å². The van der Waals surface area contributed by atoms with Crippen LogP contribution in [0, 0.1) is 5.92 Å². The van der Waals surface area contributed by atoms with E-state index in [1.165, 1.54) is 0 Å². The van der Waals surface area contributed by atoms with Crippen molar-refractivity contribution in [3.8, 4) is 0 Å². The summed E-state index contributed by atoms with van der Waals surface area (Å²) in [7, 11) is 0. The average molecular weight is 566 g/mol. The molecule has 2 rings (SSSR count). The molecule has 186 valence electrons. The smallest absolute Gasteiger partial charge is 0.410 e. The number of carbonyl (C=O) groups is 2. The van der Waals surface area contributed by atoms with Gasteiger partial charge >= 0.3 is 6.09 Å². The van der Waals surface area contributed by atoms with Crippen LogP contribution in [0.1, 0.15) is 72.6 Å². The average Bonchev–Trinajstić information content (AvgIpc) is 2.92. The number of carbonyl (C=O) groups excluding carboxylic acids is 2. The lowest BCUT2D eigenvalue weighted by Crippen LogP contribution is -2.44. The summed E-state index contributed by atoms with van der Waals surface area (Å²) in [6.45, 7) is 13.1. The molecule has 0 radical (unpaired) electrons. The molecule has 0 aromatic rings. The first kappa shape index (κ1) is 28.8. The fourth-order valence-electron chi connectivity index (χ4n) is 4.02. The molecule has 2 saturated heterocycles. The van der Waals surface area contributed by atoms with Gasteiger partial charge in [-0.15, -0.1) is 24.0 Å². The maximum Gasteiger partial charge on any atom is 0.410 e. The van der Waals surface area contributed by atoms with E-state index < -0.39 is 5.60 Å². The molecule has 1 unspecified atom stereocenters. The van der Waals surface area contributed by atoms with Gasteiger partial charge < -0.3 is 25.2 Å². The van der Waals surface area contributed by atoms with Gasteiger partial charge in [0.05, 0.1) is 0 Å². The molecule has 0 aromatic carbocycles. The highest BCUT2D eigenvalue weighted by molar-refractivity contribution is 14.0. The molecule has 2 aliphatic heterocycles. The Morgan fingerprint density at radius 1 is 1.16 bits per heavy atom. The van der Waals surface area contributed by atoms with E-state index in [1.54, 1.807) is 0 Å². The number of amides is 2. The van der Waals surface area contributed by atoms with E-state index in [9.17, 15) is 9.59 Å². The fourth-order valence-corrected chi connectivity index (χ4v) is 4.02. The van der Waals surface area contributed by atoms with Crippen LogP contribution in [-0.2, 0) is 9.53 Å². The first-order valence-corrected chi connectivity index (χ1v) is 12.1. The van der Waals surface area contributed by atoms with Gasteiger partial charge in [-0.3, -0.25) is 9.79 Å². The van der Waals surface area contributed by atoms with E-state index in [1.807, 2.05) is 30.6 Å². The van der Waals surface area contributed by atoms with Gasteiger partial charge in [-0.25, -0.2) is 4.79 Å². The number of guanidine groups is 1.